The van der Waals surface area contributed by atoms with E-state index in [1.807, 2.05) is 0 Å². The third-order valence-electron chi connectivity index (χ3n) is 1.97. The van der Waals surface area contributed by atoms with E-state index in [1.165, 1.54) is 12.0 Å². The Hall–Kier alpha value is 0.397. The second-order valence-electron chi connectivity index (χ2n) is 2.76. The SMILES string of the molecule is CCC(c1ccccc1)[SiH](Br)Br. The van der Waals surface area contributed by atoms with Crippen LogP contribution in [-0.4, -0.2) is 6.04 Å². The van der Waals surface area contributed by atoms with Gasteiger partial charge in [-0.25, -0.2) is 0 Å². The van der Waals surface area contributed by atoms with E-state index in [2.05, 4.69) is 67.8 Å². The molecular weight excluding hydrogens is 296 g/mol. The van der Waals surface area contributed by atoms with Gasteiger partial charge in [-0.3, -0.25) is 0 Å². The summed E-state index contributed by atoms with van der Waals surface area (Å²) in [7, 11) is 0. The molecule has 0 radical (unpaired) electrons. The largest absolute Gasteiger partial charge is 0.193 e. The van der Waals surface area contributed by atoms with E-state index in [4.69, 9.17) is 0 Å². The zero-order valence-electron chi connectivity index (χ0n) is 7.00. The zero-order valence-corrected chi connectivity index (χ0v) is 11.3. The van der Waals surface area contributed by atoms with Gasteiger partial charge in [-0.15, -0.1) is 30.6 Å². The van der Waals surface area contributed by atoms with Gasteiger partial charge in [0.25, 0.3) is 0 Å². The van der Waals surface area contributed by atoms with Crippen LogP contribution in [0.25, 0.3) is 0 Å². The number of halogens is 2. The van der Waals surface area contributed by atoms with Crippen LogP contribution in [0.1, 0.15) is 24.4 Å². The van der Waals surface area contributed by atoms with E-state index in [-0.39, 0.29) is 0 Å². The molecule has 0 amide bonds. The molecule has 0 nitrogen and oxygen atoms in total. The highest BCUT2D eigenvalue weighted by Gasteiger charge is 2.17. The molecule has 0 spiro atoms. The van der Waals surface area contributed by atoms with Crippen LogP contribution in [0, 0.1) is 0 Å². The maximum atomic E-state index is 3.69. The second-order valence-corrected chi connectivity index (χ2v) is 13.8. The summed E-state index contributed by atoms with van der Waals surface area (Å²) in [5.41, 5.74) is 2.15. The lowest BCUT2D eigenvalue weighted by atomic mass is 10.1. The van der Waals surface area contributed by atoms with Gasteiger partial charge >= 0.3 is 0 Å². The first kappa shape index (κ1) is 10.5. The predicted octanol–water partition coefficient (Wildman–Crippen LogP) is 3.73. The summed E-state index contributed by atoms with van der Waals surface area (Å²) < 4.78 is 0. The first-order valence-corrected chi connectivity index (χ1v) is 11.1. The number of benzene rings is 1. The van der Waals surface area contributed by atoms with Crippen molar-refractivity contribution in [3.63, 3.8) is 0 Å². The average Bonchev–Trinajstić information content (AvgIpc) is 2.07. The summed E-state index contributed by atoms with van der Waals surface area (Å²) >= 11 is 7.39. The molecule has 0 aliphatic heterocycles. The lowest BCUT2D eigenvalue weighted by molar-refractivity contribution is 0.878. The van der Waals surface area contributed by atoms with Crippen molar-refractivity contribution in [3.8, 4) is 0 Å². The van der Waals surface area contributed by atoms with Crippen LogP contribution in [-0.2, 0) is 0 Å². The molecule has 3 heteroatoms. The van der Waals surface area contributed by atoms with Crippen molar-refractivity contribution < 1.29 is 0 Å². The molecule has 0 bridgehead atoms. The Balaban J connectivity index is 2.80. The fourth-order valence-electron chi connectivity index (χ4n) is 1.26. The Morgan fingerprint density at radius 3 is 2.25 bits per heavy atom. The van der Waals surface area contributed by atoms with E-state index in [9.17, 15) is 0 Å². The molecule has 0 saturated carbocycles. The number of hydrogen-bond acceptors (Lipinski definition) is 0. The van der Waals surface area contributed by atoms with Gasteiger partial charge < -0.3 is 0 Å². The summed E-state index contributed by atoms with van der Waals surface area (Å²) in [5, 5.41) is 0. The molecule has 1 aromatic rings. The molecule has 0 aliphatic carbocycles. The molecule has 12 heavy (non-hydrogen) atoms. The fourth-order valence-corrected chi connectivity index (χ4v) is 6.20. The van der Waals surface area contributed by atoms with Gasteiger partial charge in [0.2, 0.25) is 0 Å². The summed E-state index contributed by atoms with van der Waals surface area (Å²) in [6.07, 6.45) is 1.21. The average molecular weight is 308 g/mol. The fraction of sp³-hybridized carbons (Fsp3) is 0.333. The third kappa shape index (κ3) is 2.71. The number of hydrogen-bond donors (Lipinski definition) is 0. The van der Waals surface area contributed by atoms with Crippen molar-refractivity contribution in [1.29, 1.82) is 0 Å². The highest BCUT2D eigenvalue weighted by molar-refractivity contribution is 9.49. The first-order valence-electron chi connectivity index (χ1n) is 4.08. The highest BCUT2D eigenvalue weighted by atomic mass is 79.9. The molecule has 1 aromatic carbocycles. The van der Waals surface area contributed by atoms with Crippen LogP contribution in [0.3, 0.4) is 0 Å². The van der Waals surface area contributed by atoms with Gasteiger partial charge in [0.1, 0.15) is 0 Å². The van der Waals surface area contributed by atoms with Crippen molar-refractivity contribution in [2.75, 3.05) is 0 Å². The van der Waals surface area contributed by atoms with Gasteiger partial charge in [-0.2, -0.15) is 0 Å². The predicted molar refractivity (Wildman–Crippen MR) is 64.5 cm³/mol. The topological polar surface area (TPSA) is 0 Å². The van der Waals surface area contributed by atoms with Crippen molar-refractivity contribution in [3.05, 3.63) is 35.9 Å². The summed E-state index contributed by atoms with van der Waals surface area (Å²) in [6.45, 7) is 2.24. The molecule has 0 fully saturated rings. The minimum absolute atomic E-state index is 0.700. The Morgan fingerprint density at radius 1 is 1.25 bits per heavy atom. The molecule has 0 aliphatic rings. The maximum Gasteiger partial charge on any atom is 0.193 e. The molecular formula is C9H12Br2Si. The Morgan fingerprint density at radius 2 is 1.83 bits per heavy atom. The summed E-state index contributed by atoms with van der Waals surface area (Å²) in [6, 6.07) is 9.80. The normalized spacial score (nSPS) is 13.3. The van der Waals surface area contributed by atoms with E-state index in [0.717, 1.165) is 0 Å². The number of rotatable bonds is 3. The van der Waals surface area contributed by atoms with Gasteiger partial charge in [-0.05, 0) is 11.1 Å². The second kappa shape index (κ2) is 5.20. The standard InChI is InChI=1S/C9H12Br2Si/c1-2-9(12(10)11)8-6-4-3-5-7-8/h3-7,9,12H,2H2,1H3. The van der Waals surface area contributed by atoms with Crippen LogP contribution in [0.2, 0.25) is 0 Å². The summed E-state index contributed by atoms with van der Waals surface area (Å²) in [4.78, 5) is 0. The monoisotopic (exact) mass is 306 g/mol. The molecule has 1 rings (SSSR count). The molecule has 66 valence electrons. The molecule has 0 heterocycles. The molecule has 1 unspecified atom stereocenters. The van der Waals surface area contributed by atoms with Crippen molar-refractivity contribution in [2.24, 2.45) is 0 Å². The van der Waals surface area contributed by atoms with Crippen LogP contribution in [0.5, 0.6) is 0 Å². The lowest BCUT2D eigenvalue weighted by Gasteiger charge is -2.14. The van der Waals surface area contributed by atoms with E-state index in [0.29, 0.717) is 5.54 Å². The molecule has 1 atom stereocenters. The van der Waals surface area contributed by atoms with Gasteiger partial charge in [-0.1, -0.05) is 43.7 Å². The highest BCUT2D eigenvalue weighted by Crippen LogP contribution is 2.28. The van der Waals surface area contributed by atoms with Crippen LogP contribution >= 0.6 is 30.6 Å². The van der Waals surface area contributed by atoms with Crippen molar-refractivity contribution in [1.82, 2.24) is 0 Å². The van der Waals surface area contributed by atoms with E-state index >= 15 is 0 Å². The van der Waals surface area contributed by atoms with E-state index < -0.39 is 6.04 Å². The van der Waals surface area contributed by atoms with Gasteiger partial charge in [0.15, 0.2) is 6.04 Å². The smallest absolute Gasteiger partial charge is 0.115 e. The molecule has 0 saturated heterocycles. The van der Waals surface area contributed by atoms with E-state index in [1.54, 1.807) is 0 Å². The maximum absolute atomic E-state index is 3.69. The minimum Gasteiger partial charge on any atom is -0.115 e. The Kier molecular flexibility index (Phi) is 4.54. The van der Waals surface area contributed by atoms with Crippen LogP contribution < -0.4 is 0 Å². The third-order valence-corrected chi connectivity index (χ3v) is 7.27. The first-order chi connectivity index (χ1) is 5.75. The van der Waals surface area contributed by atoms with Crippen molar-refractivity contribution in [2.45, 2.75) is 18.9 Å². The van der Waals surface area contributed by atoms with Gasteiger partial charge in [0, 0.05) is 0 Å². The van der Waals surface area contributed by atoms with Gasteiger partial charge in [0.05, 0.1) is 0 Å². The van der Waals surface area contributed by atoms with Crippen LogP contribution in [0.4, 0.5) is 0 Å². The Labute approximate surface area is 91.1 Å². The molecule has 0 aromatic heterocycles. The minimum atomic E-state index is -0.887. The Bertz CT molecular complexity index is 223. The molecule has 0 N–H and O–H groups in total. The van der Waals surface area contributed by atoms with Crippen molar-refractivity contribution >= 4 is 36.6 Å². The van der Waals surface area contributed by atoms with Crippen LogP contribution in [0.15, 0.2) is 30.3 Å². The quantitative estimate of drug-likeness (QED) is 0.589. The summed E-state index contributed by atoms with van der Waals surface area (Å²) in [5.74, 6) is 0. The lowest BCUT2D eigenvalue weighted by Crippen LogP contribution is -2.09. The zero-order chi connectivity index (χ0) is 8.97.